The van der Waals surface area contributed by atoms with E-state index in [2.05, 4.69) is 10.6 Å². The number of carbonyl (C=O) groups is 2. The molecule has 1 saturated carbocycles. The van der Waals surface area contributed by atoms with Gasteiger partial charge in [0, 0.05) is 18.9 Å². The molecule has 1 aliphatic heterocycles. The summed E-state index contributed by atoms with van der Waals surface area (Å²) in [5.74, 6) is 0.951. The molecule has 2 amide bonds. The molecule has 1 aromatic rings. The summed E-state index contributed by atoms with van der Waals surface area (Å²) < 4.78 is 11.3. The van der Waals surface area contributed by atoms with Crippen molar-refractivity contribution in [1.82, 2.24) is 10.6 Å². The van der Waals surface area contributed by atoms with Gasteiger partial charge in [-0.1, -0.05) is 24.4 Å². The summed E-state index contributed by atoms with van der Waals surface area (Å²) >= 11 is 6.26. The Balaban J connectivity index is 1.54. The molecule has 2 aliphatic rings. The Hall–Kier alpha value is -1.95. The largest absolute Gasteiger partial charge is 0.489 e. The summed E-state index contributed by atoms with van der Waals surface area (Å²) in [5.41, 5.74) is 0.821. The fourth-order valence-corrected chi connectivity index (χ4v) is 3.60. The van der Waals surface area contributed by atoms with Crippen LogP contribution in [0.3, 0.4) is 0 Å². The van der Waals surface area contributed by atoms with Gasteiger partial charge in [-0.25, -0.2) is 0 Å². The first kappa shape index (κ1) is 18.8. The number of hydrogen-bond donors (Lipinski definition) is 2. The third-order valence-corrected chi connectivity index (χ3v) is 5.09. The van der Waals surface area contributed by atoms with Gasteiger partial charge >= 0.3 is 0 Å². The van der Waals surface area contributed by atoms with Gasteiger partial charge in [-0.05, 0) is 37.5 Å². The summed E-state index contributed by atoms with van der Waals surface area (Å²) in [6.45, 7) is 3.15. The summed E-state index contributed by atoms with van der Waals surface area (Å²) in [5, 5.41) is 6.11. The standard InChI is InChI=1S/C19H25ClN2O4/c1-12(22-19(24)14-5-2-3-6-14)18(23)21-11-13-9-15(20)17-16(10-13)25-7-4-8-26-17/h9-10,12,14H,2-8,11H2,1H3,(H,21,23)(H,22,24). The van der Waals surface area contributed by atoms with Crippen LogP contribution < -0.4 is 20.1 Å². The van der Waals surface area contributed by atoms with Crippen LogP contribution >= 0.6 is 11.6 Å². The van der Waals surface area contributed by atoms with Crippen LogP contribution in [0.2, 0.25) is 5.02 Å². The molecule has 1 fully saturated rings. The normalized spacial score (nSPS) is 18.1. The minimum absolute atomic E-state index is 0.0243. The molecule has 142 valence electrons. The Kier molecular flexibility index (Phi) is 6.25. The zero-order chi connectivity index (χ0) is 18.5. The highest BCUT2D eigenvalue weighted by molar-refractivity contribution is 6.32. The van der Waals surface area contributed by atoms with E-state index >= 15 is 0 Å². The van der Waals surface area contributed by atoms with Gasteiger partial charge in [0.25, 0.3) is 0 Å². The Morgan fingerprint density at radius 1 is 1.19 bits per heavy atom. The van der Waals surface area contributed by atoms with E-state index in [1.54, 1.807) is 13.0 Å². The molecule has 7 heteroatoms. The van der Waals surface area contributed by atoms with Crippen molar-refractivity contribution in [2.75, 3.05) is 13.2 Å². The van der Waals surface area contributed by atoms with Crippen molar-refractivity contribution in [2.24, 2.45) is 5.92 Å². The third-order valence-electron chi connectivity index (χ3n) is 4.81. The molecule has 26 heavy (non-hydrogen) atoms. The van der Waals surface area contributed by atoms with E-state index in [9.17, 15) is 9.59 Å². The fourth-order valence-electron chi connectivity index (χ4n) is 3.31. The van der Waals surface area contributed by atoms with Gasteiger partial charge < -0.3 is 20.1 Å². The number of halogens is 1. The molecule has 1 aromatic carbocycles. The van der Waals surface area contributed by atoms with Crippen LogP contribution in [-0.2, 0) is 16.1 Å². The third kappa shape index (κ3) is 4.61. The molecule has 0 aromatic heterocycles. The number of benzene rings is 1. The first-order valence-electron chi connectivity index (χ1n) is 9.20. The van der Waals surface area contributed by atoms with Crippen LogP contribution in [0.25, 0.3) is 0 Å². The van der Waals surface area contributed by atoms with E-state index in [1.807, 2.05) is 6.07 Å². The maximum absolute atomic E-state index is 12.3. The molecule has 1 atom stereocenters. The van der Waals surface area contributed by atoms with Crippen molar-refractivity contribution in [2.45, 2.75) is 51.6 Å². The molecule has 1 aliphatic carbocycles. The highest BCUT2D eigenvalue weighted by Gasteiger charge is 2.25. The Morgan fingerprint density at radius 2 is 1.92 bits per heavy atom. The Bertz CT molecular complexity index is 674. The maximum atomic E-state index is 12.3. The minimum atomic E-state index is -0.570. The lowest BCUT2D eigenvalue weighted by Crippen LogP contribution is -2.46. The quantitative estimate of drug-likeness (QED) is 0.823. The summed E-state index contributed by atoms with van der Waals surface area (Å²) in [7, 11) is 0. The number of nitrogens with one attached hydrogen (secondary N) is 2. The lowest BCUT2D eigenvalue weighted by Gasteiger charge is -2.17. The van der Waals surface area contributed by atoms with Crippen molar-refractivity contribution < 1.29 is 19.1 Å². The lowest BCUT2D eigenvalue weighted by molar-refractivity contribution is -0.130. The molecular formula is C19H25ClN2O4. The van der Waals surface area contributed by atoms with Gasteiger partial charge in [0.05, 0.1) is 18.2 Å². The molecular weight excluding hydrogens is 356 g/mol. The fraction of sp³-hybridized carbons (Fsp3) is 0.579. The zero-order valence-corrected chi connectivity index (χ0v) is 15.7. The average Bonchev–Trinajstić information content (AvgIpc) is 3.05. The van der Waals surface area contributed by atoms with Gasteiger partial charge in [0.15, 0.2) is 11.5 Å². The minimum Gasteiger partial charge on any atom is -0.489 e. The number of amides is 2. The summed E-state index contributed by atoms with van der Waals surface area (Å²) in [4.78, 5) is 24.4. The molecule has 2 N–H and O–H groups in total. The van der Waals surface area contributed by atoms with E-state index in [-0.39, 0.29) is 17.7 Å². The van der Waals surface area contributed by atoms with Crippen molar-refractivity contribution >= 4 is 23.4 Å². The second kappa shape index (κ2) is 8.62. The predicted molar refractivity (Wildman–Crippen MR) is 98.5 cm³/mol. The Morgan fingerprint density at radius 3 is 2.69 bits per heavy atom. The molecule has 0 saturated heterocycles. The molecule has 0 spiro atoms. The SMILES string of the molecule is CC(NC(=O)C1CCCC1)C(=O)NCc1cc(Cl)c2c(c1)OCCCO2. The van der Waals surface area contributed by atoms with Crippen LogP contribution in [0, 0.1) is 5.92 Å². The van der Waals surface area contributed by atoms with Crippen LogP contribution in [0.15, 0.2) is 12.1 Å². The topological polar surface area (TPSA) is 76.7 Å². The second-order valence-electron chi connectivity index (χ2n) is 6.88. The van der Waals surface area contributed by atoms with Crippen LogP contribution in [0.1, 0.15) is 44.6 Å². The van der Waals surface area contributed by atoms with Crippen molar-refractivity contribution in [3.8, 4) is 11.5 Å². The Labute approximate surface area is 158 Å². The number of fused-ring (bicyclic) bond motifs is 1. The molecule has 6 nitrogen and oxygen atoms in total. The molecule has 0 radical (unpaired) electrons. The summed E-state index contributed by atoms with van der Waals surface area (Å²) in [6.07, 6.45) is 4.80. The van der Waals surface area contributed by atoms with Gasteiger partial charge in [-0.3, -0.25) is 9.59 Å². The van der Waals surface area contributed by atoms with Crippen LogP contribution in [-0.4, -0.2) is 31.1 Å². The van der Waals surface area contributed by atoms with Crippen LogP contribution in [0.5, 0.6) is 11.5 Å². The number of rotatable bonds is 5. The van der Waals surface area contributed by atoms with Crippen molar-refractivity contribution in [3.63, 3.8) is 0 Å². The van der Waals surface area contributed by atoms with E-state index < -0.39 is 6.04 Å². The van der Waals surface area contributed by atoms with Gasteiger partial charge in [-0.2, -0.15) is 0 Å². The maximum Gasteiger partial charge on any atom is 0.242 e. The van der Waals surface area contributed by atoms with Crippen molar-refractivity contribution in [3.05, 3.63) is 22.7 Å². The highest BCUT2D eigenvalue weighted by atomic mass is 35.5. The highest BCUT2D eigenvalue weighted by Crippen LogP contribution is 2.37. The van der Waals surface area contributed by atoms with E-state index in [4.69, 9.17) is 21.1 Å². The van der Waals surface area contributed by atoms with Crippen molar-refractivity contribution in [1.29, 1.82) is 0 Å². The number of hydrogen-bond acceptors (Lipinski definition) is 4. The summed E-state index contributed by atoms with van der Waals surface area (Å²) in [6, 6.07) is 3.02. The van der Waals surface area contributed by atoms with E-state index in [0.29, 0.717) is 36.3 Å². The van der Waals surface area contributed by atoms with Gasteiger partial charge in [0.1, 0.15) is 6.04 Å². The monoisotopic (exact) mass is 380 g/mol. The molecule has 3 rings (SSSR count). The molecule has 1 heterocycles. The van der Waals surface area contributed by atoms with E-state index in [0.717, 1.165) is 37.7 Å². The number of ether oxygens (including phenoxy) is 2. The van der Waals surface area contributed by atoms with Gasteiger partial charge in [0.2, 0.25) is 11.8 Å². The zero-order valence-electron chi connectivity index (χ0n) is 15.0. The smallest absolute Gasteiger partial charge is 0.242 e. The first-order chi connectivity index (χ1) is 12.5. The lowest BCUT2D eigenvalue weighted by atomic mass is 10.1. The predicted octanol–water partition coefficient (Wildman–Crippen LogP) is 2.81. The second-order valence-corrected chi connectivity index (χ2v) is 7.29. The molecule has 0 bridgehead atoms. The average molecular weight is 381 g/mol. The first-order valence-corrected chi connectivity index (χ1v) is 9.58. The van der Waals surface area contributed by atoms with Crippen LogP contribution in [0.4, 0.5) is 0 Å². The van der Waals surface area contributed by atoms with Gasteiger partial charge in [-0.15, -0.1) is 0 Å². The molecule has 1 unspecified atom stereocenters. The van der Waals surface area contributed by atoms with E-state index in [1.165, 1.54) is 0 Å². The number of carbonyl (C=O) groups excluding carboxylic acids is 2.